The number of ether oxygens (including phenoxy) is 1. The molecule has 0 amide bonds. The van der Waals surface area contributed by atoms with Gasteiger partial charge in [0.05, 0.1) is 12.2 Å². The van der Waals surface area contributed by atoms with Crippen LogP contribution >= 0.6 is 0 Å². The monoisotopic (exact) mass is 286 g/mol. The quantitative estimate of drug-likeness (QED) is 0.928. The first-order valence-electron chi connectivity index (χ1n) is 7.60. The van der Waals surface area contributed by atoms with Crippen molar-refractivity contribution in [2.24, 2.45) is 0 Å². The molecule has 0 radical (unpaired) electrons. The lowest BCUT2D eigenvalue weighted by atomic mass is 9.92. The van der Waals surface area contributed by atoms with Crippen molar-refractivity contribution < 1.29 is 9.26 Å². The predicted octanol–water partition coefficient (Wildman–Crippen LogP) is 3.94. The van der Waals surface area contributed by atoms with Crippen LogP contribution in [0.25, 0.3) is 11.1 Å². The first-order valence-corrected chi connectivity index (χ1v) is 7.60. The Morgan fingerprint density at radius 1 is 1.24 bits per heavy atom. The van der Waals surface area contributed by atoms with E-state index in [0.29, 0.717) is 18.3 Å². The molecule has 0 aliphatic carbocycles. The average molecular weight is 286 g/mol. The summed E-state index contributed by atoms with van der Waals surface area (Å²) in [7, 11) is 0. The molecule has 1 aliphatic heterocycles. The Kier molecular flexibility index (Phi) is 3.97. The van der Waals surface area contributed by atoms with Crippen LogP contribution in [0.2, 0.25) is 0 Å². The van der Waals surface area contributed by atoms with E-state index in [9.17, 15) is 0 Å². The van der Waals surface area contributed by atoms with Crippen molar-refractivity contribution in [1.29, 1.82) is 0 Å². The summed E-state index contributed by atoms with van der Waals surface area (Å²) in [5, 5.41) is 3.97. The minimum Gasteiger partial charge on any atom is -0.381 e. The molecule has 1 unspecified atom stereocenters. The number of rotatable bonds is 3. The van der Waals surface area contributed by atoms with Gasteiger partial charge in [-0.2, -0.15) is 0 Å². The Morgan fingerprint density at radius 3 is 2.62 bits per heavy atom. The van der Waals surface area contributed by atoms with Crippen molar-refractivity contribution in [2.75, 3.05) is 18.9 Å². The Labute approximate surface area is 125 Å². The van der Waals surface area contributed by atoms with Crippen molar-refractivity contribution in [3.8, 4) is 11.1 Å². The molecule has 0 bridgehead atoms. The summed E-state index contributed by atoms with van der Waals surface area (Å²) in [5.41, 5.74) is 9.35. The second-order valence-corrected chi connectivity index (χ2v) is 6.00. The number of nitrogens with zero attached hydrogens (tertiary/aromatic N) is 1. The third-order valence-corrected chi connectivity index (χ3v) is 4.14. The van der Waals surface area contributed by atoms with Crippen LogP contribution in [0.3, 0.4) is 0 Å². The lowest BCUT2D eigenvalue weighted by Crippen LogP contribution is -2.15. The molecular formula is C17H22N2O2. The van der Waals surface area contributed by atoms with Gasteiger partial charge in [0.15, 0.2) is 11.6 Å². The van der Waals surface area contributed by atoms with Gasteiger partial charge in [0.1, 0.15) is 0 Å². The molecule has 1 aliphatic rings. The molecule has 0 spiro atoms. The molecule has 2 heterocycles. The van der Waals surface area contributed by atoms with Gasteiger partial charge in [-0.25, -0.2) is 0 Å². The maximum atomic E-state index is 6.03. The van der Waals surface area contributed by atoms with Crippen molar-refractivity contribution in [2.45, 2.75) is 38.5 Å². The average Bonchev–Trinajstić information content (AvgIpc) is 2.90. The molecule has 1 aromatic heterocycles. The maximum Gasteiger partial charge on any atom is 0.175 e. The normalized spacial score (nSPS) is 19.1. The molecular weight excluding hydrogens is 264 g/mol. The molecule has 1 saturated heterocycles. The minimum atomic E-state index is 0.253. The molecule has 21 heavy (non-hydrogen) atoms. The minimum absolute atomic E-state index is 0.253. The standard InChI is InChI=1S/C17H22N2O2/c1-11(2)12-5-7-13(8-6-12)15-16(21-19-17(15)18)14-4-3-9-20-10-14/h5-8,11,14H,3-4,9-10H2,1-2H3,(H2,18,19). The summed E-state index contributed by atoms with van der Waals surface area (Å²) >= 11 is 0. The molecule has 3 rings (SSSR count). The lowest BCUT2D eigenvalue weighted by Gasteiger charge is -2.20. The zero-order valence-electron chi connectivity index (χ0n) is 12.6. The van der Waals surface area contributed by atoms with Gasteiger partial charge in [0, 0.05) is 12.5 Å². The largest absolute Gasteiger partial charge is 0.381 e. The molecule has 0 saturated carbocycles. The van der Waals surface area contributed by atoms with Gasteiger partial charge in [-0.1, -0.05) is 43.3 Å². The summed E-state index contributed by atoms with van der Waals surface area (Å²) in [5.74, 6) is 2.10. The molecule has 2 N–H and O–H groups in total. The van der Waals surface area contributed by atoms with Crippen molar-refractivity contribution in [3.63, 3.8) is 0 Å². The van der Waals surface area contributed by atoms with Crippen molar-refractivity contribution in [1.82, 2.24) is 5.16 Å². The molecule has 1 atom stereocenters. The maximum absolute atomic E-state index is 6.03. The summed E-state index contributed by atoms with van der Waals surface area (Å²) in [6.07, 6.45) is 2.11. The van der Waals surface area contributed by atoms with E-state index in [-0.39, 0.29) is 5.92 Å². The fourth-order valence-electron chi connectivity index (χ4n) is 2.87. The number of hydrogen-bond donors (Lipinski definition) is 1. The zero-order valence-corrected chi connectivity index (χ0v) is 12.6. The Bertz CT molecular complexity index is 596. The third kappa shape index (κ3) is 2.81. The van der Waals surface area contributed by atoms with E-state index in [2.05, 4.69) is 43.3 Å². The Balaban J connectivity index is 1.95. The van der Waals surface area contributed by atoms with Crippen molar-refractivity contribution >= 4 is 5.82 Å². The number of aromatic nitrogens is 1. The molecule has 4 nitrogen and oxygen atoms in total. The second kappa shape index (κ2) is 5.90. The summed E-state index contributed by atoms with van der Waals surface area (Å²) in [6, 6.07) is 8.50. The number of hydrogen-bond acceptors (Lipinski definition) is 4. The van der Waals surface area contributed by atoms with Crippen LogP contribution in [0.15, 0.2) is 28.8 Å². The second-order valence-electron chi connectivity index (χ2n) is 6.00. The van der Waals surface area contributed by atoms with Gasteiger partial charge in [-0.05, 0) is 29.9 Å². The van der Waals surface area contributed by atoms with Gasteiger partial charge in [0.2, 0.25) is 0 Å². The number of anilines is 1. The molecule has 112 valence electrons. The SMILES string of the molecule is CC(C)c1ccc(-c2c(N)noc2C2CCCOC2)cc1. The van der Waals surface area contributed by atoms with E-state index >= 15 is 0 Å². The molecule has 4 heteroatoms. The van der Waals surface area contributed by atoms with Crippen LogP contribution in [-0.2, 0) is 4.74 Å². The van der Waals surface area contributed by atoms with Crippen LogP contribution < -0.4 is 5.73 Å². The number of nitrogen functional groups attached to an aromatic ring is 1. The highest BCUT2D eigenvalue weighted by Gasteiger charge is 2.26. The number of nitrogens with two attached hydrogens (primary N) is 1. The van der Waals surface area contributed by atoms with Gasteiger partial charge >= 0.3 is 0 Å². The Morgan fingerprint density at radius 2 is 2.00 bits per heavy atom. The van der Waals surface area contributed by atoms with E-state index in [1.54, 1.807) is 0 Å². The first-order chi connectivity index (χ1) is 10.2. The predicted molar refractivity (Wildman–Crippen MR) is 83.2 cm³/mol. The third-order valence-electron chi connectivity index (χ3n) is 4.14. The van der Waals surface area contributed by atoms with Gasteiger partial charge in [-0.15, -0.1) is 0 Å². The first kappa shape index (κ1) is 14.1. The van der Waals surface area contributed by atoms with Crippen LogP contribution in [0, 0.1) is 0 Å². The fraction of sp³-hybridized carbons (Fsp3) is 0.471. The van der Waals surface area contributed by atoms with E-state index in [4.69, 9.17) is 15.0 Å². The highest BCUT2D eigenvalue weighted by molar-refractivity contribution is 5.76. The van der Waals surface area contributed by atoms with E-state index in [0.717, 1.165) is 36.3 Å². The fourth-order valence-corrected chi connectivity index (χ4v) is 2.87. The Hall–Kier alpha value is -1.81. The summed E-state index contributed by atoms with van der Waals surface area (Å²) in [6.45, 7) is 5.89. The molecule has 2 aromatic rings. The van der Waals surface area contributed by atoms with Crippen LogP contribution in [-0.4, -0.2) is 18.4 Å². The van der Waals surface area contributed by atoms with E-state index in [1.807, 2.05) is 0 Å². The highest BCUT2D eigenvalue weighted by atomic mass is 16.5. The van der Waals surface area contributed by atoms with Crippen molar-refractivity contribution in [3.05, 3.63) is 35.6 Å². The number of benzene rings is 1. The molecule has 1 fully saturated rings. The highest BCUT2D eigenvalue weighted by Crippen LogP contribution is 2.37. The zero-order chi connectivity index (χ0) is 14.8. The van der Waals surface area contributed by atoms with Gasteiger partial charge in [-0.3, -0.25) is 0 Å². The van der Waals surface area contributed by atoms with E-state index in [1.165, 1.54) is 5.56 Å². The summed E-state index contributed by atoms with van der Waals surface area (Å²) < 4.78 is 11.1. The lowest BCUT2D eigenvalue weighted by molar-refractivity contribution is 0.0723. The topological polar surface area (TPSA) is 61.3 Å². The van der Waals surface area contributed by atoms with Crippen LogP contribution in [0.4, 0.5) is 5.82 Å². The van der Waals surface area contributed by atoms with E-state index < -0.39 is 0 Å². The summed E-state index contributed by atoms with van der Waals surface area (Å²) in [4.78, 5) is 0. The van der Waals surface area contributed by atoms with Crippen LogP contribution in [0.5, 0.6) is 0 Å². The van der Waals surface area contributed by atoms with Gasteiger partial charge in [0.25, 0.3) is 0 Å². The smallest absolute Gasteiger partial charge is 0.175 e. The molecule has 1 aromatic carbocycles. The van der Waals surface area contributed by atoms with Gasteiger partial charge < -0.3 is 15.0 Å². The van der Waals surface area contributed by atoms with Crippen LogP contribution in [0.1, 0.15) is 49.8 Å².